The molecule has 0 radical (unpaired) electrons. The number of anilines is 1. The van der Waals surface area contributed by atoms with Crippen LogP contribution in [-0.4, -0.2) is 36.2 Å². The standard InChI is InChI=1S/C25H23ClN6OS/c1-2-14-31-24(18-10-12-19(26)13-11-18)28-29-25(31)34-16-23(33)27-22-15-21(17-8-9-17)30-32(22)20-6-4-3-5-7-20/h2-7,10-13,15,17H,1,8-9,14,16H2,(H,27,33). The molecule has 172 valence electrons. The number of halogens is 1. The van der Waals surface area contributed by atoms with E-state index in [0.29, 0.717) is 34.3 Å². The molecule has 7 nitrogen and oxygen atoms in total. The molecular formula is C25H23ClN6OS. The van der Waals surface area contributed by atoms with Gasteiger partial charge >= 0.3 is 0 Å². The van der Waals surface area contributed by atoms with Gasteiger partial charge in [0.15, 0.2) is 11.0 Å². The van der Waals surface area contributed by atoms with Gasteiger partial charge in [0, 0.05) is 29.1 Å². The molecule has 0 aliphatic heterocycles. The van der Waals surface area contributed by atoms with Crippen molar-refractivity contribution in [3.63, 3.8) is 0 Å². The van der Waals surface area contributed by atoms with Crippen molar-refractivity contribution in [3.8, 4) is 17.1 Å². The SMILES string of the molecule is C=CCn1c(SCC(=O)Nc2cc(C3CC3)nn2-c2ccccc2)nnc1-c1ccc(Cl)cc1. The lowest BCUT2D eigenvalue weighted by Gasteiger charge is -2.10. The summed E-state index contributed by atoms with van der Waals surface area (Å²) in [7, 11) is 0. The lowest BCUT2D eigenvalue weighted by Crippen LogP contribution is -2.17. The minimum absolute atomic E-state index is 0.134. The van der Waals surface area contributed by atoms with Gasteiger partial charge < -0.3 is 5.32 Å². The maximum absolute atomic E-state index is 12.9. The molecule has 1 amide bonds. The van der Waals surface area contributed by atoms with Crippen LogP contribution in [0.15, 0.2) is 78.5 Å². The van der Waals surface area contributed by atoms with Gasteiger partial charge in [0.05, 0.1) is 17.1 Å². The second-order valence-corrected chi connectivity index (χ2v) is 9.40. The fraction of sp³-hybridized carbons (Fsp3) is 0.200. The topological polar surface area (TPSA) is 77.6 Å². The van der Waals surface area contributed by atoms with Crippen molar-refractivity contribution < 1.29 is 4.79 Å². The number of para-hydroxylation sites is 1. The van der Waals surface area contributed by atoms with Gasteiger partial charge in [-0.25, -0.2) is 4.68 Å². The minimum atomic E-state index is -0.134. The van der Waals surface area contributed by atoms with Crippen LogP contribution in [0.5, 0.6) is 0 Å². The molecule has 2 aromatic carbocycles. The van der Waals surface area contributed by atoms with Crippen LogP contribution >= 0.6 is 23.4 Å². The van der Waals surface area contributed by atoms with Crippen molar-refractivity contribution in [1.82, 2.24) is 24.5 Å². The number of allylic oxidation sites excluding steroid dienone is 1. The third kappa shape index (κ3) is 4.93. The fourth-order valence-corrected chi connectivity index (χ4v) is 4.52. The zero-order valence-corrected chi connectivity index (χ0v) is 20.0. The number of hydrogen-bond acceptors (Lipinski definition) is 5. The number of carbonyl (C=O) groups is 1. The van der Waals surface area contributed by atoms with Crippen LogP contribution in [0, 0.1) is 0 Å². The van der Waals surface area contributed by atoms with Gasteiger partial charge in [-0.2, -0.15) is 5.10 Å². The second kappa shape index (κ2) is 9.87. The number of amides is 1. The maximum Gasteiger partial charge on any atom is 0.236 e. The van der Waals surface area contributed by atoms with Gasteiger partial charge in [0.1, 0.15) is 5.82 Å². The maximum atomic E-state index is 12.9. The molecule has 0 unspecified atom stereocenters. The van der Waals surface area contributed by atoms with Crippen LogP contribution in [0.3, 0.4) is 0 Å². The van der Waals surface area contributed by atoms with E-state index in [2.05, 4.69) is 22.1 Å². The minimum Gasteiger partial charge on any atom is -0.310 e. The van der Waals surface area contributed by atoms with E-state index in [1.807, 2.05) is 65.2 Å². The van der Waals surface area contributed by atoms with Crippen molar-refractivity contribution in [2.75, 3.05) is 11.1 Å². The van der Waals surface area contributed by atoms with Crippen molar-refractivity contribution >= 4 is 35.1 Å². The Morgan fingerprint density at radius 3 is 2.62 bits per heavy atom. The summed E-state index contributed by atoms with van der Waals surface area (Å²) in [6, 6.07) is 19.2. The molecule has 9 heteroatoms. The van der Waals surface area contributed by atoms with E-state index >= 15 is 0 Å². The number of nitrogens with zero attached hydrogens (tertiary/aromatic N) is 5. The monoisotopic (exact) mass is 490 g/mol. The molecule has 2 aromatic heterocycles. The van der Waals surface area contributed by atoms with Crippen molar-refractivity contribution in [3.05, 3.63) is 84.0 Å². The summed E-state index contributed by atoms with van der Waals surface area (Å²) >= 11 is 7.35. The van der Waals surface area contributed by atoms with Gasteiger partial charge in [0.25, 0.3) is 0 Å². The lowest BCUT2D eigenvalue weighted by molar-refractivity contribution is -0.113. The molecule has 0 atom stereocenters. The normalized spacial score (nSPS) is 13.1. The van der Waals surface area contributed by atoms with Gasteiger partial charge in [-0.05, 0) is 49.2 Å². The number of benzene rings is 2. The molecule has 0 bridgehead atoms. The van der Waals surface area contributed by atoms with Crippen molar-refractivity contribution in [2.45, 2.75) is 30.5 Å². The Morgan fingerprint density at radius 2 is 1.91 bits per heavy atom. The summed E-state index contributed by atoms with van der Waals surface area (Å²) in [5, 5.41) is 17.7. The molecule has 2 heterocycles. The van der Waals surface area contributed by atoms with E-state index in [1.165, 1.54) is 11.8 Å². The predicted octanol–water partition coefficient (Wildman–Crippen LogP) is 5.58. The predicted molar refractivity (Wildman–Crippen MR) is 136 cm³/mol. The van der Waals surface area contributed by atoms with Gasteiger partial charge in [-0.1, -0.05) is 47.6 Å². The summed E-state index contributed by atoms with van der Waals surface area (Å²) in [6.45, 7) is 4.37. The number of nitrogens with one attached hydrogen (secondary N) is 1. The third-order valence-electron chi connectivity index (χ3n) is 5.46. The molecule has 0 saturated heterocycles. The Labute approximate surface area is 206 Å². The third-order valence-corrected chi connectivity index (χ3v) is 6.67. The summed E-state index contributed by atoms with van der Waals surface area (Å²) < 4.78 is 3.74. The molecule has 4 aromatic rings. The number of aromatic nitrogens is 5. The molecule has 1 aliphatic rings. The Balaban J connectivity index is 1.32. The highest BCUT2D eigenvalue weighted by Gasteiger charge is 2.28. The Morgan fingerprint density at radius 1 is 1.15 bits per heavy atom. The number of carbonyl (C=O) groups excluding carboxylic acids is 1. The van der Waals surface area contributed by atoms with Crippen molar-refractivity contribution in [1.29, 1.82) is 0 Å². The van der Waals surface area contributed by atoms with Crippen LogP contribution < -0.4 is 5.32 Å². The Hall–Kier alpha value is -3.36. The van der Waals surface area contributed by atoms with Crippen LogP contribution in [0.1, 0.15) is 24.5 Å². The van der Waals surface area contributed by atoms with Crippen LogP contribution in [0.2, 0.25) is 5.02 Å². The van der Waals surface area contributed by atoms with E-state index in [0.717, 1.165) is 29.8 Å². The highest BCUT2D eigenvalue weighted by molar-refractivity contribution is 7.99. The zero-order valence-electron chi connectivity index (χ0n) is 18.4. The highest BCUT2D eigenvalue weighted by atomic mass is 35.5. The first-order chi connectivity index (χ1) is 16.6. The van der Waals surface area contributed by atoms with Gasteiger partial charge in [-0.15, -0.1) is 16.8 Å². The first-order valence-corrected chi connectivity index (χ1v) is 12.4. The van der Waals surface area contributed by atoms with E-state index in [9.17, 15) is 4.79 Å². The van der Waals surface area contributed by atoms with Crippen LogP contribution in [0.25, 0.3) is 17.1 Å². The first-order valence-electron chi connectivity index (χ1n) is 11.0. The summed E-state index contributed by atoms with van der Waals surface area (Å²) in [6.07, 6.45) is 4.07. The number of hydrogen-bond donors (Lipinski definition) is 1. The molecule has 34 heavy (non-hydrogen) atoms. The largest absolute Gasteiger partial charge is 0.310 e. The van der Waals surface area contributed by atoms with Gasteiger partial charge in [-0.3, -0.25) is 9.36 Å². The summed E-state index contributed by atoms with van der Waals surface area (Å²) in [5.41, 5.74) is 2.83. The lowest BCUT2D eigenvalue weighted by atomic mass is 10.2. The fourth-order valence-electron chi connectivity index (χ4n) is 3.64. The molecule has 1 saturated carbocycles. The Bertz CT molecular complexity index is 1310. The van der Waals surface area contributed by atoms with Gasteiger partial charge in [0.2, 0.25) is 5.91 Å². The second-order valence-electron chi connectivity index (χ2n) is 8.03. The van der Waals surface area contributed by atoms with E-state index in [-0.39, 0.29) is 11.7 Å². The molecule has 1 N–H and O–H groups in total. The smallest absolute Gasteiger partial charge is 0.236 e. The average Bonchev–Trinajstić information content (AvgIpc) is 3.51. The molecule has 0 spiro atoms. The molecular weight excluding hydrogens is 468 g/mol. The average molecular weight is 491 g/mol. The number of rotatable bonds is 9. The molecule has 1 fully saturated rings. The van der Waals surface area contributed by atoms with E-state index < -0.39 is 0 Å². The summed E-state index contributed by atoms with van der Waals surface area (Å²) in [5.74, 6) is 1.92. The highest BCUT2D eigenvalue weighted by Crippen LogP contribution is 2.40. The van der Waals surface area contributed by atoms with Crippen LogP contribution in [-0.2, 0) is 11.3 Å². The van der Waals surface area contributed by atoms with Crippen LogP contribution in [0.4, 0.5) is 5.82 Å². The molecule has 1 aliphatic carbocycles. The van der Waals surface area contributed by atoms with E-state index in [1.54, 1.807) is 10.8 Å². The first kappa shape index (κ1) is 22.4. The molecule has 5 rings (SSSR count). The van der Waals surface area contributed by atoms with E-state index in [4.69, 9.17) is 16.7 Å². The summed E-state index contributed by atoms with van der Waals surface area (Å²) in [4.78, 5) is 12.9. The number of thioether (sulfide) groups is 1. The Kier molecular flexibility index (Phi) is 6.51. The quantitative estimate of drug-likeness (QED) is 0.245. The zero-order chi connectivity index (χ0) is 23.5. The van der Waals surface area contributed by atoms with Crippen molar-refractivity contribution in [2.24, 2.45) is 0 Å².